The van der Waals surface area contributed by atoms with Crippen LogP contribution in [0.25, 0.3) is 11.3 Å². The zero-order valence-electron chi connectivity index (χ0n) is 15.7. The minimum Gasteiger partial charge on any atom is -0.342 e. The molecular formula is C21H26F2N2S. The van der Waals surface area contributed by atoms with Crippen molar-refractivity contribution in [2.75, 3.05) is 4.90 Å². The van der Waals surface area contributed by atoms with Gasteiger partial charge in [-0.3, -0.25) is 0 Å². The summed E-state index contributed by atoms with van der Waals surface area (Å²) in [6.07, 6.45) is 7.57. The Kier molecular flexibility index (Phi) is 4.54. The maximum absolute atomic E-state index is 14.6. The van der Waals surface area contributed by atoms with Gasteiger partial charge in [0.1, 0.15) is 0 Å². The molecule has 2 aliphatic heterocycles. The van der Waals surface area contributed by atoms with Crippen LogP contribution in [0.2, 0.25) is 0 Å². The van der Waals surface area contributed by atoms with Crippen molar-refractivity contribution in [2.24, 2.45) is 0 Å². The molecule has 2 aromatic rings. The number of fused-ring (bicyclic) bond motifs is 2. The fourth-order valence-corrected chi connectivity index (χ4v) is 5.61. The summed E-state index contributed by atoms with van der Waals surface area (Å²) in [7, 11) is 0. The van der Waals surface area contributed by atoms with E-state index in [0.29, 0.717) is 23.2 Å². The third-order valence-electron chi connectivity index (χ3n) is 5.77. The van der Waals surface area contributed by atoms with E-state index in [-0.39, 0.29) is 0 Å². The highest BCUT2D eigenvalue weighted by molar-refractivity contribution is 7.14. The van der Waals surface area contributed by atoms with Crippen LogP contribution in [0.1, 0.15) is 64.9 Å². The van der Waals surface area contributed by atoms with Crippen LogP contribution in [-0.4, -0.2) is 17.1 Å². The Labute approximate surface area is 158 Å². The van der Waals surface area contributed by atoms with Gasteiger partial charge in [-0.05, 0) is 56.1 Å². The second-order valence-corrected chi connectivity index (χ2v) is 9.46. The number of hydrogen-bond donors (Lipinski definition) is 0. The number of anilines is 1. The second-order valence-electron chi connectivity index (χ2n) is 8.63. The van der Waals surface area contributed by atoms with Gasteiger partial charge in [0.05, 0.1) is 5.69 Å². The summed E-state index contributed by atoms with van der Waals surface area (Å²) in [5.74, 6) is -1.54. The summed E-state index contributed by atoms with van der Waals surface area (Å²) in [5.41, 5.74) is 1.39. The Morgan fingerprint density at radius 2 is 1.65 bits per heavy atom. The lowest BCUT2D eigenvalue weighted by molar-refractivity contribution is 0.296. The van der Waals surface area contributed by atoms with Crippen molar-refractivity contribution >= 4 is 16.5 Å². The van der Waals surface area contributed by atoms with Gasteiger partial charge in [0.25, 0.3) is 0 Å². The van der Waals surface area contributed by atoms with Crippen molar-refractivity contribution in [2.45, 2.75) is 76.8 Å². The smallest absolute Gasteiger partial charge is 0.186 e. The Bertz CT molecular complexity index is 787. The van der Waals surface area contributed by atoms with Gasteiger partial charge in [-0.2, -0.15) is 0 Å². The zero-order valence-corrected chi connectivity index (χ0v) is 16.5. The van der Waals surface area contributed by atoms with E-state index in [1.54, 1.807) is 17.4 Å². The third-order valence-corrected chi connectivity index (χ3v) is 6.62. The second kappa shape index (κ2) is 6.59. The van der Waals surface area contributed by atoms with Gasteiger partial charge in [0, 0.05) is 28.6 Å². The Balaban J connectivity index is 1.74. The molecular weight excluding hydrogens is 350 g/mol. The van der Waals surface area contributed by atoms with E-state index >= 15 is 0 Å². The van der Waals surface area contributed by atoms with Crippen molar-refractivity contribution in [1.29, 1.82) is 0 Å². The molecule has 0 saturated carbocycles. The molecule has 0 atom stereocenters. The first-order valence-electron chi connectivity index (χ1n) is 9.59. The first-order valence-corrected chi connectivity index (χ1v) is 10.5. The number of benzene rings is 1. The quantitative estimate of drug-likeness (QED) is 0.612. The van der Waals surface area contributed by atoms with E-state index in [0.717, 1.165) is 10.8 Å². The summed E-state index contributed by atoms with van der Waals surface area (Å²) >= 11 is 1.64. The number of aromatic nitrogens is 1. The summed E-state index contributed by atoms with van der Waals surface area (Å²) in [5, 5.41) is 3.04. The molecule has 0 amide bonds. The molecule has 0 aliphatic carbocycles. The monoisotopic (exact) mass is 376 g/mol. The van der Waals surface area contributed by atoms with E-state index in [9.17, 15) is 8.78 Å². The van der Waals surface area contributed by atoms with Gasteiger partial charge in [-0.15, -0.1) is 11.3 Å². The Morgan fingerprint density at radius 3 is 2.23 bits per heavy atom. The largest absolute Gasteiger partial charge is 0.342 e. The average molecular weight is 377 g/mol. The molecule has 0 N–H and O–H groups in total. The van der Waals surface area contributed by atoms with Gasteiger partial charge in [-0.25, -0.2) is 13.8 Å². The Hall–Kier alpha value is -1.49. The SMILES string of the molecule is CC(C)(C)c1c(-c2csc(N3[C@H]4CCC[C@@H]3CCC4)n2)ccc(F)c1F. The van der Waals surface area contributed by atoms with E-state index in [1.165, 1.54) is 44.6 Å². The van der Waals surface area contributed by atoms with Crippen LogP contribution in [0.5, 0.6) is 0 Å². The van der Waals surface area contributed by atoms with Gasteiger partial charge >= 0.3 is 0 Å². The maximum Gasteiger partial charge on any atom is 0.186 e. The number of nitrogens with zero attached hydrogens (tertiary/aromatic N) is 2. The van der Waals surface area contributed by atoms with E-state index < -0.39 is 17.0 Å². The zero-order chi connectivity index (χ0) is 18.5. The highest BCUT2D eigenvalue weighted by Gasteiger charge is 2.35. The standard InChI is InChI=1S/C21H26F2N2S/c1-21(2,3)18-15(10-11-16(22)19(18)23)17-12-26-20(24-17)25-13-6-4-7-14(25)9-5-8-13/h10-14H,4-9H2,1-3H3/t13-,14+. The molecule has 0 unspecified atom stereocenters. The lowest BCUT2D eigenvalue weighted by Crippen LogP contribution is -2.49. The molecule has 2 aliphatic rings. The van der Waals surface area contributed by atoms with E-state index in [1.807, 2.05) is 26.2 Å². The number of halogens is 2. The third kappa shape index (κ3) is 3.04. The molecule has 3 heterocycles. The van der Waals surface area contributed by atoms with Crippen molar-refractivity contribution in [3.05, 3.63) is 34.7 Å². The molecule has 0 spiro atoms. The highest BCUT2D eigenvalue weighted by Crippen LogP contribution is 2.42. The van der Waals surface area contributed by atoms with Crippen molar-refractivity contribution in [3.63, 3.8) is 0 Å². The maximum atomic E-state index is 14.6. The van der Waals surface area contributed by atoms with Crippen molar-refractivity contribution < 1.29 is 8.78 Å². The lowest BCUT2D eigenvalue weighted by atomic mass is 9.82. The summed E-state index contributed by atoms with van der Waals surface area (Å²) in [6.45, 7) is 5.74. The molecule has 0 radical (unpaired) electrons. The van der Waals surface area contributed by atoms with Crippen molar-refractivity contribution in [3.8, 4) is 11.3 Å². The highest BCUT2D eigenvalue weighted by atomic mass is 32.1. The summed E-state index contributed by atoms with van der Waals surface area (Å²) in [4.78, 5) is 7.40. The summed E-state index contributed by atoms with van der Waals surface area (Å²) in [6, 6.07) is 4.07. The number of rotatable bonds is 2. The van der Waals surface area contributed by atoms with Gasteiger partial charge < -0.3 is 4.90 Å². The molecule has 140 valence electrons. The molecule has 4 rings (SSSR count). The Morgan fingerprint density at radius 1 is 1.04 bits per heavy atom. The first-order chi connectivity index (χ1) is 12.4. The lowest BCUT2D eigenvalue weighted by Gasteiger charge is -2.46. The van der Waals surface area contributed by atoms with Crippen LogP contribution in [0.15, 0.2) is 17.5 Å². The van der Waals surface area contributed by atoms with Crippen LogP contribution < -0.4 is 4.90 Å². The molecule has 5 heteroatoms. The summed E-state index contributed by atoms with van der Waals surface area (Å²) < 4.78 is 28.4. The van der Waals surface area contributed by atoms with Gasteiger partial charge in [0.2, 0.25) is 0 Å². The number of hydrogen-bond acceptors (Lipinski definition) is 3. The number of piperidine rings is 2. The fraction of sp³-hybridized carbons (Fsp3) is 0.571. The predicted octanol–water partition coefficient (Wildman–Crippen LogP) is 6.30. The fourth-order valence-electron chi connectivity index (χ4n) is 4.64. The predicted molar refractivity (Wildman–Crippen MR) is 104 cm³/mol. The van der Waals surface area contributed by atoms with Crippen LogP contribution in [0.4, 0.5) is 13.9 Å². The van der Waals surface area contributed by atoms with E-state index in [4.69, 9.17) is 4.98 Å². The molecule has 1 aromatic carbocycles. The average Bonchev–Trinajstić information content (AvgIpc) is 3.04. The van der Waals surface area contributed by atoms with Crippen LogP contribution in [0, 0.1) is 11.6 Å². The molecule has 1 aromatic heterocycles. The molecule has 2 nitrogen and oxygen atoms in total. The van der Waals surface area contributed by atoms with Crippen LogP contribution in [0.3, 0.4) is 0 Å². The number of thiazole rings is 1. The van der Waals surface area contributed by atoms with Gasteiger partial charge in [0.15, 0.2) is 16.8 Å². The minimum atomic E-state index is -0.792. The normalized spacial score (nSPS) is 23.3. The minimum absolute atomic E-state index is 0.410. The molecule has 2 bridgehead atoms. The van der Waals surface area contributed by atoms with Crippen molar-refractivity contribution in [1.82, 2.24) is 4.98 Å². The molecule has 2 fully saturated rings. The molecule has 26 heavy (non-hydrogen) atoms. The first kappa shape index (κ1) is 17.9. The van der Waals surface area contributed by atoms with Gasteiger partial charge in [-0.1, -0.05) is 20.8 Å². The van der Waals surface area contributed by atoms with Crippen LogP contribution >= 0.6 is 11.3 Å². The van der Waals surface area contributed by atoms with E-state index in [2.05, 4.69) is 4.90 Å². The van der Waals surface area contributed by atoms with Crippen LogP contribution in [-0.2, 0) is 5.41 Å². The molecule has 2 saturated heterocycles. The topological polar surface area (TPSA) is 16.1 Å².